The Morgan fingerprint density at radius 3 is 2.88 bits per heavy atom. The number of hydrogen-bond donors (Lipinski definition) is 1. The van der Waals surface area contributed by atoms with E-state index in [1.807, 2.05) is 12.3 Å². The van der Waals surface area contributed by atoms with Crippen LogP contribution in [0, 0.1) is 5.41 Å². The van der Waals surface area contributed by atoms with Gasteiger partial charge >= 0.3 is 0 Å². The lowest BCUT2D eigenvalue weighted by Gasteiger charge is -2.32. The molecule has 1 N–H and O–H groups in total. The molecule has 0 spiro atoms. The molecule has 0 bridgehead atoms. The standard InChI is InChI=1S/C20H19Cl2N3/c21-16-6-5-15(9-17(16)22)20-7-8-23-12-19(20,11-20)13-25-18-4-2-1-3-14(18)10-24-25/h1-6,9-10,23H,7-8,11-13H2. The SMILES string of the molecule is Clc1ccc(C23CCNCC2(Cn2ncc4ccccc42)C3)cc1Cl. The van der Waals surface area contributed by atoms with Crippen molar-refractivity contribution in [3.8, 4) is 0 Å². The van der Waals surface area contributed by atoms with Crippen LogP contribution in [0.4, 0.5) is 0 Å². The molecule has 1 aliphatic carbocycles. The molecule has 1 aliphatic heterocycles. The molecule has 2 unspecified atom stereocenters. The number of piperidine rings is 1. The van der Waals surface area contributed by atoms with Crippen molar-refractivity contribution in [2.75, 3.05) is 13.1 Å². The molecule has 3 nitrogen and oxygen atoms in total. The van der Waals surface area contributed by atoms with Crippen molar-refractivity contribution in [1.29, 1.82) is 0 Å². The van der Waals surface area contributed by atoms with Crippen LogP contribution in [0.3, 0.4) is 0 Å². The Labute approximate surface area is 156 Å². The summed E-state index contributed by atoms with van der Waals surface area (Å²) in [7, 11) is 0. The predicted octanol–water partition coefficient (Wildman–Crippen LogP) is 4.66. The van der Waals surface area contributed by atoms with E-state index in [-0.39, 0.29) is 10.8 Å². The Kier molecular flexibility index (Phi) is 3.43. The van der Waals surface area contributed by atoms with Gasteiger partial charge in [0.05, 0.1) is 21.8 Å². The first-order chi connectivity index (χ1) is 12.1. The average molecular weight is 372 g/mol. The van der Waals surface area contributed by atoms with Gasteiger partial charge in [0.1, 0.15) is 0 Å². The Morgan fingerprint density at radius 1 is 1.12 bits per heavy atom. The van der Waals surface area contributed by atoms with Crippen molar-refractivity contribution < 1.29 is 0 Å². The van der Waals surface area contributed by atoms with Gasteiger partial charge < -0.3 is 5.32 Å². The second-order valence-electron chi connectivity index (χ2n) is 7.46. The number of nitrogens with one attached hydrogen (secondary N) is 1. The number of aromatic nitrogens is 2. The zero-order valence-corrected chi connectivity index (χ0v) is 15.3. The molecule has 0 radical (unpaired) electrons. The van der Waals surface area contributed by atoms with E-state index in [4.69, 9.17) is 23.2 Å². The van der Waals surface area contributed by atoms with Gasteiger partial charge in [-0.3, -0.25) is 4.68 Å². The van der Waals surface area contributed by atoms with Gasteiger partial charge in [-0.1, -0.05) is 47.5 Å². The molecule has 1 saturated heterocycles. The number of hydrogen-bond acceptors (Lipinski definition) is 2. The Bertz CT molecular complexity index is 966. The lowest BCUT2D eigenvalue weighted by Crippen LogP contribution is -2.41. The minimum absolute atomic E-state index is 0.180. The van der Waals surface area contributed by atoms with Crippen molar-refractivity contribution in [2.24, 2.45) is 5.41 Å². The third kappa shape index (κ3) is 2.26. The van der Waals surface area contributed by atoms with Gasteiger partial charge in [0.15, 0.2) is 0 Å². The molecular weight excluding hydrogens is 353 g/mol. The van der Waals surface area contributed by atoms with Gasteiger partial charge in [-0.15, -0.1) is 0 Å². The first kappa shape index (κ1) is 15.7. The molecule has 1 saturated carbocycles. The molecule has 5 rings (SSSR count). The fourth-order valence-corrected chi connectivity index (χ4v) is 5.09. The highest BCUT2D eigenvalue weighted by Crippen LogP contribution is 2.68. The van der Waals surface area contributed by atoms with Crippen molar-refractivity contribution in [2.45, 2.75) is 24.8 Å². The minimum atomic E-state index is 0.180. The van der Waals surface area contributed by atoms with Crippen molar-refractivity contribution in [1.82, 2.24) is 15.1 Å². The van der Waals surface area contributed by atoms with E-state index in [0.29, 0.717) is 10.0 Å². The maximum atomic E-state index is 6.31. The first-order valence-corrected chi connectivity index (χ1v) is 9.46. The molecule has 1 aromatic heterocycles. The summed E-state index contributed by atoms with van der Waals surface area (Å²) in [6.45, 7) is 2.98. The monoisotopic (exact) mass is 371 g/mol. The Morgan fingerprint density at radius 2 is 2.00 bits per heavy atom. The summed E-state index contributed by atoms with van der Waals surface area (Å²) in [6.07, 6.45) is 4.26. The summed E-state index contributed by atoms with van der Waals surface area (Å²) in [4.78, 5) is 0. The summed E-state index contributed by atoms with van der Waals surface area (Å²) in [5.74, 6) is 0. The molecule has 25 heavy (non-hydrogen) atoms. The van der Waals surface area contributed by atoms with Crippen LogP contribution in [0.5, 0.6) is 0 Å². The highest BCUT2D eigenvalue weighted by molar-refractivity contribution is 6.42. The van der Waals surface area contributed by atoms with Crippen LogP contribution < -0.4 is 5.32 Å². The average Bonchev–Trinajstić information content (AvgIpc) is 3.16. The van der Waals surface area contributed by atoms with Gasteiger partial charge in [0.2, 0.25) is 0 Å². The van der Waals surface area contributed by atoms with Crippen LogP contribution in [0.15, 0.2) is 48.7 Å². The lowest BCUT2D eigenvalue weighted by molar-refractivity contribution is 0.278. The quantitative estimate of drug-likeness (QED) is 0.725. The summed E-state index contributed by atoms with van der Waals surface area (Å²) < 4.78 is 2.17. The molecule has 2 atom stereocenters. The molecule has 0 amide bonds. The number of para-hydroxylation sites is 1. The van der Waals surface area contributed by atoms with Crippen LogP contribution in [0.1, 0.15) is 18.4 Å². The molecule has 2 aliphatic rings. The largest absolute Gasteiger partial charge is 0.316 e. The number of halogens is 2. The van der Waals surface area contributed by atoms with E-state index in [1.54, 1.807) is 0 Å². The molecule has 3 aromatic rings. The van der Waals surface area contributed by atoms with Crippen molar-refractivity contribution >= 4 is 34.1 Å². The van der Waals surface area contributed by atoms with Crippen LogP contribution >= 0.6 is 23.2 Å². The molecule has 128 valence electrons. The molecule has 2 heterocycles. The van der Waals surface area contributed by atoms with Crippen LogP contribution in [-0.2, 0) is 12.0 Å². The topological polar surface area (TPSA) is 29.9 Å². The third-order valence-corrected chi connectivity index (χ3v) is 6.94. The summed E-state index contributed by atoms with van der Waals surface area (Å²) in [6, 6.07) is 14.6. The van der Waals surface area contributed by atoms with Crippen LogP contribution in [0.25, 0.3) is 10.9 Å². The van der Waals surface area contributed by atoms with E-state index >= 15 is 0 Å². The van der Waals surface area contributed by atoms with Gasteiger partial charge in [-0.2, -0.15) is 5.10 Å². The highest BCUT2D eigenvalue weighted by atomic mass is 35.5. The number of nitrogens with zero attached hydrogens (tertiary/aromatic N) is 2. The van der Waals surface area contributed by atoms with E-state index < -0.39 is 0 Å². The maximum Gasteiger partial charge on any atom is 0.0682 e. The third-order valence-electron chi connectivity index (χ3n) is 6.20. The second-order valence-corrected chi connectivity index (χ2v) is 8.27. The predicted molar refractivity (Wildman–Crippen MR) is 102 cm³/mol. The van der Waals surface area contributed by atoms with Crippen molar-refractivity contribution in [3.05, 3.63) is 64.3 Å². The summed E-state index contributed by atoms with van der Waals surface area (Å²) in [5, 5.41) is 10.7. The number of rotatable bonds is 3. The fraction of sp³-hybridized carbons (Fsp3) is 0.350. The molecule has 2 fully saturated rings. The first-order valence-electron chi connectivity index (χ1n) is 8.70. The van der Waals surface area contributed by atoms with Gasteiger partial charge in [-0.05, 0) is 43.1 Å². The number of benzene rings is 2. The lowest BCUT2D eigenvalue weighted by atomic mass is 9.81. The smallest absolute Gasteiger partial charge is 0.0682 e. The van der Waals surface area contributed by atoms with Gasteiger partial charge in [0, 0.05) is 29.3 Å². The summed E-state index contributed by atoms with van der Waals surface area (Å²) in [5.41, 5.74) is 2.90. The zero-order chi connectivity index (χ0) is 17.1. The van der Waals surface area contributed by atoms with E-state index in [9.17, 15) is 0 Å². The zero-order valence-electron chi connectivity index (χ0n) is 13.8. The number of fused-ring (bicyclic) bond motifs is 2. The van der Waals surface area contributed by atoms with Crippen LogP contribution in [-0.4, -0.2) is 22.9 Å². The maximum absolute atomic E-state index is 6.31. The van der Waals surface area contributed by atoms with Crippen LogP contribution in [0.2, 0.25) is 10.0 Å². The molecule has 2 aromatic carbocycles. The normalized spacial score (nSPS) is 28.1. The fourth-order valence-electron chi connectivity index (χ4n) is 4.80. The second kappa shape index (κ2) is 5.47. The summed E-state index contributed by atoms with van der Waals surface area (Å²) >= 11 is 12.5. The Balaban J connectivity index is 1.54. The van der Waals surface area contributed by atoms with Crippen molar-refractivity contribution in [3.63, 3.8) is 0 Å². The van der Waals surface area contributed by atoms with E-state index in [1.165, 1.54) is 22.9 Å². The van der Waals surface area contributed by atoms with E-state index in [0.717, 1.165) is 26.1 Å². The highest BCUT2D eigenvalue weighted by Gasteiger charge is 2.68. The van der Waals surface area contributed by atoms with Gasteiger partial charge in [0.25, 0.3) is 0 Å². The minimum Gasteiger partial charge on any atom is -0.316 e. The molecule has 5 heteroatoms. The molecular formula is C20H19Cl2N3. The van der Waals surface area contributed by atoms with E-state index in [2.05, 4.69) is 51.5 Å². The Hall–Kier alpha value is -1.55. The van der Waals surface area contributed by atoms with Gasteiger partial charge in [-0.25, -0.2) is 0 Å².